The molecule has 1 aliphatic heterocycles. The van der Waals surface area contributed by atoms with E-state index >= 15 is 0 Å². The Morgan fingerprint density at radius 3 is 2.06 bits per heavy atom. The number of carbonyl (C=O) groups is 4. The highest BCUT2D eigenvalue weighted by molar-refractivity contribution is 7.94. The number of para-hydroxylation sites is 2. The van der Waals surface area contributed by atoms with E-state index in [0.717, 1.165) is 0 Å². The maximum absolute atomic E-state index is 13.8. The molecule has 51 heavy (non-hydrogen) atoms. The van der Waals surface area contributed by atoms with Gasteiger partial charge in [0.25, 0.3) is 20.0 Å². The summed E-state index contributed by atoms with van der Waals surface area (Å²) in [6.07, 6.45) is 0.389. The number of rotatable bonds is 16. The highest BCUT2D eigenvalue weighted by Crippen LogP contribution is 2.43. The van der Waals surface area contributed by atoms with Gasteiger partial charge >= 0.3 is 11.9 Å². The molecule has 2 heterocycles. The molecule has 14 nitrogen and oxygen atoms in total. The molecule has 0 radical (unpaired) electrons. The van der Waals surface area contributed by atoms with Gasteiger partial charge in [0.2, 0.25) is 11.8 Å². The standard InChI is InChI=1S/C34H41N3O11S3/c1-5-37(32(41)18-16-26-12-7-9-14-30(26)48-24(3)39)28-22-36(19-10-20-46-4)51(44,45)34-27(28)21-33(49-34)50(42,43)35-31(40)17-15-25-11-6-8-13-29(25)47-23(2)38/h6-9,11-14,21,28H,5,10,15-20,22H2,1-4H3,(H,35,40)/t28-/m0/s1. The number of fused-ring (bicyclic) bond motifs is 1. The van der Waals surface area contributed by atoms with Gasteiger partial charge in [-0.1, -0.05) is 36.4 Å². The van der Waals surface area contributed by atoms with Crippen molar-refractivity contribution in [1.82, 2.24) is 13.9 Å². The summed E-state index contributed by atoms with van der Waals surface area (Å²) >= 11 is 0.512. The molecule has 0 spiro atoms. The number of hydrogen-bond acceptors (Lipinski definition) is 12. The third-order valence-electron chi connectivity index (χ3n) is 8.00. The summed E-state index contributed by atoms with van der Waals surface area (Å²) in [5.41, 5.74) is 1.30. The zero-order valence-corrected chi connectivity index (χ0v) is 31.2. The fourth-order valence-electron chi connectivity index (χ4n) is 5.69. The Kier molecular flexibility index (Phi) is 13.5. The van der Waals surface area contributed by atoms with E-state index < -0.39 is 48.1 Å². The van der Waals surface area contributed by atoms with E-state index in [2.05, 4.69) is 0 Å². The normalized spacial score (nSPS) is 15.4. The van der Waals surface area contributed by atoms with Gasteiger partial charge in [0.15, 0.2) is 0 Å². The zero-order valence-electron chi connectivity index (χ0n) is 28.7. The molecule has 276 valence electrons. The Hall–Kier alpha value is -4.16. The average Bonchev–Trinajstić information content (AvgIpc) is 3.54. The van der Waals surface area contributed by atoms with Gasteiger partial charge in [0.05, 0.1) is 6.04 Å². The van der Waals surface area contributed by atoms with Crippen molar-refractivity contribution in [3.8, 4) is 11.5 Å². The monoisotopic (exact) mass is 763 g/mol. The van der Waals surface area contributed by atoms with Crippen LogP contribution < -0.4 is 14.2 Å². The van der Waals surface area contributed by atoms with Gasteiger partial charge in [-0.05, 0) is 55.5 Å². The van der Waals surface area contributed by atoms with Gasteiger partial charge in [-0.15, -0.1) is 11.3 Å². The van der Waals surface area contributed by atoms with Crippen LogP contribution in [0.2, 0.25) is 0 Å². The number of benzene rings is 2. The van der Waals surface area contributed by atoms with Crippen molar-refractivity contribution in [3.05, 3.63) is 71.3 Å². The Morgan fingerprint density at radius 1 is 0.941 bits per heavy atom. The van der Waals surface area contributed by atoms with Crippen molar-refractivity contribution in [1.29, 1.82) is 0 Å². The van der Waals surface area contributed by atoms with Gasteiger partial charge in [0, 0.05) is 65.6 Å². The quantitative estimate of drug-likeness (QED) is 0.128. The molecule has 0 saturated carbocycles. The maximum Gasteiger partial charge on any atom is 0.308 e. The van der Waals surface area contributed by atoms with Crippen LogP contribution in [-0.2, 0) is 56.8 Å². The first-order valence-corrected chi connectivity index (χ1v) is 19.9. The largest absolute Gasteiger partial charge is 0.426 e. The Balaban J connectivity index is 1.60. The second kappa shape index (κ2) is 17.4. The van der Waals surface area contributed by atoms with Crippen LogP contribution in [0.25, 0.3) is 0 Å². The summed E-state index contributed by atoms with van der Waals surface area (Å²) in [6.45, 7) is 4.68. The molecule has 0 fully saturated rings. The van der Waals surface area contributed by atoms with E-state index in [-0.39, 0.29) is 73.4 Å². The lowest BCUT2D eigenvalue weighted by molar-refractivity contribution is -0.134. The molecule has 3 aromatic rings. The van der Waals surface area contributed by atoms with Gasteiger partial charge in [0.1, 0.15) is 19.9 Å². The zero-order chi connectivity index (χ0) is 37.3. The highest BCUT2D eigenvalue weighted by atomic mass is 32.3. The minimum absolute atomic E-state index is 0.000309. The number of amides is 2. The fraction of sp³-hybridized carbons (Fsp3) is 0.412. The molecule has 1 aliphatic rings. The number of hydrogen-bond donors (Lipinski definition) is 1. The molecular formula is C34H41N3O11S3. The molecule has 0 aliphatic carbocycles. The van der Waals surface area contributed by atoms with Crippen molar-refractivity contribution in [2.24, 2.45) is 0 Å². The summed E-state index contributed by atoms with van der Waals surface area (Å²) in [7, 11) is -7.21. The number of sulfonamides is 2. The van der Waals surface area contributed by atoms with Crippen molar-refractivity contribution >= 4 is 55.1 Å². The summed E-state index contributed by atoms with van der Waals surface area (Å²) in [6, 6.07) is 13.8. The number of ether oxygens (including phenoxy) is 3. The topological polar surface area (TPSA) is 183 Å². The number of likely N-dealkylation sites (N-methyl/N-ethyl adjacent to an activating group) is 1. The molecule has 0 bridgehead atoms. The number of aryl methyl sites for hydroxylation is 2. The van der Waals surface area contributed by atoms with Gasteiger partial charge in [-0.25, -0.2) is 21.6 Å². The minimum atomic E-state index is -4.53. The molecule has 0 saturated heterocycles. The number of nitrogens with one attached hydrogen (secondary N) is 1. The van der Waals surface area contributed by atoms with Crippen LogP contribution in [0, 0.1) is 0 Å². The van der Waals surface area contributed by atoms with Crippen LogP contribution in [0.1, 0.15) is 62.8 Å². The van der Waals surface area contributed by atoms with Crippen LogP contribution in [0.15, 0.2) is 63.0 Å². The number of nitrogens with zero attached hydrogens (tertiary/aromatic N) is 2. The average molecular weight is 764 g/mol. The molecular weight excluding hydrogens is 723 g/mol. The second-order valence-corrected chi connectivity index (χ2v) is 16.7. The smallest absolute Gasteiger partial charge is 0.308 e. The fourth-order valence-corrected chi connectivity index (χ4v) is 10.6. The van der Waals surface area contributed by atoms with Crippen molar-refractivity contribution in [2.75, 3.05) is 33.4 Å². The lowest BCUT2D eigenvalue weighted by Crippen LogP contribution is -2.47. The van der Waals surface area contributed by atoms with E-state index in [1.807, 2.05) is 4.72 Å². The Bertz CT molecular complexity index is 1980. The molecule has 1 atom stereocenters. The van der Waals surface area contributed by atoms with Crippen molar-refractivity contribution < 1.29 is 50.2 Å². The maximum atomic E-state index is 13.8. The molecule has 1 N–H and O–H groups in total. The van der Waals surface area contributed by atoms with Crippen LogP contribution >= 0.6 is 11.3 Å². The molecule has 2 aromatic carbocycles. The van der Waals surface area contributed by atoms with E-state index in [0.29, 0.717) is 34.6 Å². The molecule has 1 aromatic heterocycles. The summed E-state index contributed by atoms with van der Waals surface area (Å²) in [4.78, 5) is 51.2. The summed E-state index contributed by atoms with van der Waals surface area (Å²) in [5, 5.41) is 0. The van der Waals surface area contributed by atoms with E-state index in [1.54, 1.807) is 55.5 Å². The number of carbonyl (C=O) groups excluding carboxylic acids is 4. The first-order chi connectivity index (χ1) is 24.2. The van der Waals surface area contributed by atoms with Gasteiger partial charge < -0.3 is 19.1 Å². The number of methoxy groups -OCH3 is 1. The first-order valence-electron chi connectivity index (χ1n) is 16.2. The van der Waals surface area contributed by atoms with E-state index in [9.17, 15) is 36.0 Å². The first kappa shape index (κ1) is 39.6. The second-order valence-electron chi connectivity index (χ2n) is 11.6. The summed E-state index contributed by atoms with van der Waals surface area (Å²) in [5.74, 6) is -1.63. The van der Waals surface area contributed by atoms with E-state index in [4.69, 9.17) is 14.2 Å². The van der Waals surface area contributed by atoms with Crippen LogP contribution in [0.3, 0.4) is 0 Å². The lowest BCUT2D eigenvalue weighted by Gasteiger charge is -2.38. The lowest BCUT2D eigenvalue weighted by atomic mass is 10.0. The van der Waals surface area contributed by atoms with Crippen molar-refractivity contribution in [3.63, 3.8) is 0 Å². The third kappa shape index (κ3) is 10.0. The van der Waals surface area contributed by atoms with Crippen molar-refractivity contribution in [2.45, 2.75) is 67.3 Å². The SMILES string of the molecule is CCN(C(=O)CCc1ccccc1OC(C)=O)[C@H]1CN(CCCOC)S(=O)(=O)c2sc(S(=O)(=O)NC(=O)CCc3ccccc3OC(C)=O)cc21. The molecule has 0 unspecified atom stereocenters. The highest BCUT2D eigenvalue weighted by Gasteiger charge is 2.43. The Labute approximate surface area is 301 Å². The number of esters is 2. The summed E-state index contributed by atoms with van der Waals surface area (Å²) < 4.78 is 72.8. The third-order valence-corrected chi connectivity index (χ3v) is 13.4. The minimum Gasteiger partial charge on any atom is -0.426 e. The van der Waals surface area contributed by atoms with Gasteiger partial charge in [-0.2, -0.15) is 4.31 Å². The number of thiophene rings is 1. The molecule has 17 heteroatoms. The molecule has 2 amide bonds. The van der Waals surface area contributed by atoms with E-state index in [1.165, 1.54) is 36.2 Å². The Morgan fingerprint density at radius 2 is 1.51 bits per heavy atom. The predicted octanol–water partition coefficient (Wildman–Crippen LogP) is 3.60. The van der Waals surface area contributed by atoms with Crippen LogP contribution in [0.5, 0.6) is 11.5 Å². The van der Waals surface area contributed by atoms with Crippen LogP contribution in [0.4, 0.5) is 0 Å². The predicted molar refractivity (Wildman–Crippen MR) is 187 cm³/mol. The molecule has 4 rings (SSSR count). The van der Waals surface area contributed by atoms with Crippen LogP contribution in [-0.4, -0.2) is 83.1 Å². The van der Waals surface area contributed by atoms with Gasteiger partial charge in [-0.3, -0.25) is 19.2 Å².